The van der Waals surface area contributed by atoms with Gasteiger partial charge >= 0.3 is 0 Å². The molecule has 0 bridgehead atoms. The van der Waals surface area contributed by atoms with E-state index in [-0.39, 0.29) is 16.8 Å². The highest BCUT2D eigenvalue weighted by atomic mass is 32.2. The van der Waals surface area contributed by atoms with Crippen molar-refractivity contribution in [1.29, 1.82) is 0 Å². The third-order valence-corrected chi connectivity index (χ3v) is 7.69. The standard InChI is InChI=1S/C22H29N7O3S/c23-21-20(33(30,31)27-17-3-4-17)13-16(14-25-21)15-2-5-18-19(12-15)29(22(24)26-18)7-1-6-28-8-10-32-11-9-28/h2,5,12-14,17,27H,1,3-4,6-11H2,(H2,23,25)(H2,24,26). The molecule has 2 aromatic heterocycles. The fourth-order valence-electron chi connectivity index (χ4n) is 4.15. The van der Waals surface area contributed by atoms with Gasteiger partial charge in [-0.3, -0.25) is 4.90 Å². The van der Waals surface area contributed by atoms with Crippen molar-refractivity contribution in [2.75, 3.05) is 44.3 Å². The van der Waals surface area contributed by atoms with Gasteiger partial charge in [0.05, 0.1) is 24.2 Å². The van der Waals surface area contributed by atoms with E-state index in [4.69, 9.17) is 16.2 Å². The first-order valence-corrected chi connectivity index (χ1v) is 12.7. The number of fused-ring (bicyclic) bond motifs is 1. The molecule has 0 amide bonds. The first-order valence-electron chi connectivity index (χ1n) is 11.2. The molecule has 33 heavy (non-hydrogen) atoms. The van der Waals surface area contributed by atoms with E-state index in [0.29, 0.717) is 11.5 Å². The Morgan fingerprint density at radius 1 is 1.09 bits per heavy atom. The van der Waals surface area contributed by atoms with Crippen LogP contribution in [0.15, 0.2) is 35.4 Å². The number of nitrogens with one attached hydrogen (secondary N) is 1. The zero-order valence-electron chi connectivity index (χ0n) is 18.4. The normalized spacial score (nSPS) is 17.6. The van der Waals surface area contributed by atoms with Crippen LogP contribution in [0.5, 0.6) is 0 Å². The zero-order chi connectivity index (χ0) is 23.0. The minimum Gasteiger partial charge on any atom is -0.383 e. The molecule has 2 fully saturated rings. The third-order valence-electron chi connectivity index (χ3n) is 6.14. The quantitative estimate of drug-likeness (QED) is 0.448. The Kier molecular flexibility index (Phi) is 5.95. The molecule has 11 heteroatoms. The van der Waals surface area contributed by atoms with E-state index in [1.54, 1.807) is 12.3 Å². The molecule has 1 saturated carbocycles. The van der Waals surface area contributed by atoms with Crippen molar-refractivity contribution in [3.05, 3.63) is 30.5 Å². The highest BCUT2D eigenvalue weighted by Gasteiger charge is 2.29. The smallest absolute Gasteiger partial charge is 0.244 e. The van der Waals surface area contributed by atoms with E-state index in [1.807, 2.05) is 22.8 Å². The molecule has 0 unspecified atom stereocenters. The summed E-state index contributed by atoms with van der Waals surface area (Å²) in [4.78, 5) is 11.0. The maximum Gasteiger partial charge on any atom is 0.244 e. The molecule has 1 aliphatic carbocycles. The highest BCUT2D eigenvalue weighted by molar-refractivity contribution is 7.89. The maximum atomic E-state index is 12.7. The number of imidazole rings is 1. The molecule has 0 spiro atoms. The highest BCUT2D eigenvalue weighted by Crippen LogP contribution is 2.30. The summed E-state index contributed by atoms with van der Waals surface area (Å²) < 4.78 is 35.6. The SMILES string of the molecule is Nc1ncc(-c2ccc3nc(N)n(CCCN4CCOCC4)c3c2)cc1S(=O)(=O)NC1CC1. The number of nitrogens with zero attached hydrogens (tertiary/aromatic N) is 4. The third kappa shape index (κ3) is 4.81. The minimum atomic E-state index is -3.72. The van der Waals surface area contributed by atoms with Crippen molar-refractivity contribution in [2.24, 2.45) is 0 Å². The number of nitrogens with two attached hydrogens (primary N) is 2. The van der Waals surface area contributed by atoms with Crippen LogP contribution in [0.2, 0.25) is 0 Å². The van der Waals surface area contributed by atoms with Gasteiger partial charge in [-0.25, -0.2) is 23.1 Å². The van der Waals surface area contributed by atoms with Gasteiger partial charge in [-0.1, -0.05) is 6.07 Å². The lowest BCUT2D eigenvalue weighted by molar-refractivity contribution is 0.0370. The second-order valence-corrected chi connectivity index (χ2v) is 10.3. The molecule has 176 valence electrons. The van der Waals surface area contributed by atoms with Gasteiger partial charge in [0.25, 0.3) is 0 Å². The van der Waals surface area contributed by atoms with Crippen LogP contribution < -0.4 is 16.2 Å². The average molecular weight is 472 g/mol. The van der Waals surface area contributed by atoms with Crippen molar-refractivity contribution in [2.45, 2.75) is 36.7 Å². The van der Waals surface area contributed by atoms with Crippen LogP contribution in [0.3, 0.4) is 0 Å². The van der Waals surface area contributed by atoms with Crippen molar-refractivity contribution >= 4 is 32.8 Å². The molecule has 1 saturated heterocycles. The van der Waals surface area contributed by atoms with Gasteiger partial charge in [-0.05, 0) is 43.0 Å². The fraction of sp³-hybridized carbons (Fsp3) is 0.455. The monoisotopic (exact) mass is 471 g/mol. The second kappa shape index (κ2) is 8.90. The fourth-order valence-corrected chi connectivity index (χ4v) is 5.56. The van der Waals surface area contributed by atoms with E-state index in [2.05, 4.69) is 19.6 Å². The van der Waals surface area contributed by atoms with Crippen LogP contribution in [0, 0.1) is 0 Å². The van der Waals surface area contributed by atoms with Crippen molar-refractivity contribution in [3.63, 3.8) is 0 Å². The number of aromatic nitrogens is 3. The van der Waals surface area contributed by atoms with Crippen LogP contribution in [-0.4, -0.2) is 66.7 Å². The molecule has 3 heterocycles. The summed E-state index contributed by atoms with van der Waals surface area (Å²) in [5.74, 6) is 0.460. The topological polar surface area (TPSA) is 141 Å². The van der Waals surface area contributed by atoms with Crippen LogP contribution in [-0.2, 0) is 21.3 Å². The number of ether oxygens (including phenoxy) is 1. The number of rotatable bonds is 8. The van der Waals surface area contributed by atoms with Crippen molar-refractivity contribution < 1.29 is 13.2 Å². The van der Waals surface area contributed by atoms with Gasteiger partial charge < -0.3 is 20.8 Å². The van der Waals surface area contributed by atoms with E-state index in [1.165, 1.54) is 0 Å². The van der Waals surface area contributed by atoms with Gasteiger partial charge in [-0.15, -0.1) is 0 Å². The molecule has 0 radical (unpaired) electrons. The second-order valence-electron chi connectivity index (χ2n) is 8.64. The van der Waals surface area contributed by atoms with Gasteiger partial charge in [0.2, 0.25) is 16.0 Å². The van der Waals surface area contributed by atoms with Crippen LogP contribution in [0.25, 0.3) is 22.2 Å². The number of pyridine rings is 1. The molecule has 5 rings (SSSR count). The summed E-state index contributed by atoms with van der Waals surface area (Å²) in [7, 11) is -3.72. The Hall–Kier alpha value is -2.73. The minimum absolute atomic E-state index is 0.00512. The summed E-state index contributed by atoms with van der Waals surface area (Å²) in [5, 5.41) is 0. The van der Waals surface area contributed by atoms with Gasteiger partial charge in [0.15, 0.2) is 0 Å². The molecule has 1 aromatic carbocycles. The Morgan fingerprint density at radius 3 is 2.64 bits per heavy atom. The lowest BCUT2D eigenvalue weighted by atomic mass is 10.1. The predicted octanol–water partition coefficient (Wildman–Crippen LogP) is 1.43. The largest absolute Gasteiger partial charge is 0.383 e. The Bertz CT molecular complexity index is 1260. The van der Waals surface area contributed by atoms with Crippen LogP contribution in [0.4, 0.5) is 11.8 Å². The summed E-state index contributed by atoms with van der Waals surface area (Å²) in [5.41, 5.74) is 15.3. The number of morpholine rings is 1. The molecule has 10 nitrogen and oxygen atoms in total. The zero-order valence-corrected chi connectivity index (χ0v) is 19.2. The number of anilines is 2. The van der Waals surface area contributed by atoms with Crippen LogP contribution in [0.1, 0.15) is 19.3 Å². The Balaban J connectivity index is 1.41. The Morgan fingerprint density at radius 2 is 1.88 bits per heavy atom. The number of nitrogen functional groups attached to an aromatic ring is 2. The summed E-state index contributed by atoms with van der Waals surface area (Å²) >= 11 is 0. The number of aryl methyl sites for hydroxylation is 1. The van der Waals surface area contributed by atoms with Gasteiger partial charge in [-0.2, -0.15) is 0 Å². The van der Waals surface area contributed by atoms with E-state index in [9.17, 15) is 8.42 Å². The van der Waals surface area contributed by atoms with Crippen molar-refractivity contribution in [3.8, 4) is 11.1 Å². The molecule has 5 N–H and O–H groups in total. The molecular formula is C22H29N7O3S. The predicted molar refractivity (Wildman–Crippen MR) is 127 cm³/mol. The summed E-state index contributed by atoms with van der Waals surface area (Å²) in [6.45, 7) is 5.18. The van der Waals surface area contributed by atoms with Gasteiger partial charge in [0, 0.05) is 44.0 Å². The van der Waals surface area contributed by atoms with Gasteiger partial charge in [0.1, 0.15) is 10.7 Å². The number of benzene rings is 1. The molecular weight excluding hydrogens is 442 g/mol. The maximum absolute atomic E-state index is 12.7. The summed E-state index contributed by atoms with van der Waals surface area (Å²) in [6.07, 6.45) is 4.23. The number of hydrogen-bond acceptors (Lipinski definition) is 8. The van der Waals surface area contributed by atoms with E-state index < -0.39 is 10.0 Å². The first-order chi connectivity index (χ1) is 15.9. The molecule has 3 aromatic rings. The molecule has 0 atom stereocenters. The average Bonchev–Trinajstić information content (AvgIpc) is 3.55. The lowest BCUT2D eigenvalue weighted by Crippen LogP contribution is -2.37. The lowest BCUT2D eigenvalue weighted by Gasteiger charge is -2.26. The number of sulfonamides is 1. The van der Waals surface area contributed by atoms with Crippen molar-refractivity contribution in [1.82, 2.24) is 24.2 Å². The Labute approximate surface area is 193 Å². The van der Waals surface area contributed by atoms with E-state index >= 15 is 0 Å². The first kappa shape index (κ1) is 22.1. The number of hydrogen-bond donors (Lipinski definition) is 3. The summed E-state index contributed by atoms with van der Waals surface area (Å²) in [6, 6.07) is 7.34. The molecule has 2 aliphatic rings. The van der Waals surface area contributed by atoms with E-state index in [0.717, 1.165) is 75.3 Å². The van der Waals surface area contributed by atoms with Crippen LogP contribution >= 0.6 is 0 Å². The molecule has 1 aliphatic heterocycles.